The summed E-state index contributed by atoms with van der Waals surface area (Å²) in [4.78, 5) is 26.5. The van der Waals surface area contributed by atoms with Gasteiger partial charge in [0.2, 0.25) is 5.78 Å². The second-order valence-electron chi connectivity index (χ2n) is 4.26. The summed E-state index contributed by atoms with van der Waals surface area (Å²) < 4.78 is 3.44. The van der Waals surface area contributed by atoms with E-state index in [1.807, 2.05) is 0 Å². The van der Waals surface area contributed by atoms with E-state index in [0.29, 0.717) is 21.4 Å². The van der Waals surface area contributed by atoms with Crippen LogP contribution >= 0.6 is 15.9 Å². The summed E-state index contributed by atoms with van der Waals surface area (Å²) >= 11 is 3.26. The lowest BCUT2D eigenvalue weighted by Gasteiger charge is -1.97. The molecule has 0 saturated heterocycles. The lowest BCUT2D eigenvalue weighted by Crippen LogP contribution is -2.05. The average Bonchev–Trinajstić information content (AvgIpc) is 2.85. The number of rotatable bonds is 2. The molecule has 2 heterocycles. The molecule has 0 radical (unpaired) electrons. The normalized spacial score (nSPS) is 11.3. The third-order valence-corrected chi connectivity index (χ3v) is 3.84. The highest BCUT2D eigenvalue weighted by Gasteiger charge is 2.22. The van der Waals surface area contributed by atoms with Gasteiger partial charge in [0.15, 0.2) is 5.69 Å². The van der Waals surface area contributed by atoms with Crippen LogP contribution in [0.4, 0.5) is 0 Å². The zero-order chi connectivity index (χ0) is 14.6. The number of carboxylic acid groups (broad SMARTS) is 2. The number of aromatic carboxylic acids is 2. The zero-order valence-electron chi connectivity index (χ0n) is 10.2. The number of nitrogens with zero attached hydrogens (tertiary/aromatic N) is 3. The van der Waals surface area contributed by atoms with Crippen molar-refractivity contribution in [2.24, 2.45) is 7.05 Å². The predicted molar refractivity (Wildman–Crippen MR) is 73.3 cm³/mol. The molecule has 0 unspecified atom stereocenters. The average molecular weight is 338 g/mol. The van der Waals surface area contributed by atoms with Crippen LogP contribution in [0, 0.1) is 0 Å². The van der Waals surface area contributed by atoms with Gasteiger partial charge in [0.1, 0.15) is 4.60 Å². The van der Waals surface area contributed by atoms with Crippen molar-refractivity contribution in [1.29, 1.82) is 0 Å². The molecule has 0 aliphatic carbocycles. The highest BCUT2D eigenvalue weighted by atomic mass is 79.9. The van der Waals surface area contributed by atoms with Gasteiger partial charge in [-0.1, -0.05) is 0 Å². The van der Waals surface area contributed by atoms with Crippen molar-refractivity contribution in [3.05, 3.63) is 34.1 Å². The smallest absolute Gasteiger partial charge is 0.355 e. The zero-order valence-corrected chi connectivity index (χ0v) is 11.7. The van der Waals surface area contributed by atoms with Crippen LogP contribution in [0.15, 0.2) is 22.8 Å². The highest BCUT2D eigenvalue weighted by molar-refractivity contribution is 9.10. The highest BCUT2D eigenvalue weighted by Crippen LogP contribution is 2.27. The third-order valence-electron chi connectivity index (χ3n) is 3.11. The van der Waals surface area contributed by atoms with Crippen molar-refractivity contribution in [2.75, 3.05) is 0 Å². The number of halogens is 1. The van der Waals surface area contributed by atoms with Gasteiger partial charge in [-0.25, -0.2) is 14.6 Å². The van der Waals surface area contributed by atoms with E-state index in [1.54, 1.807) is 17.5 Å². The molecular formula is C12H8BrN3O4. The quantitative estimate of drug-likeness (QED) is 0.745. The molecular weight excluding hydrogens is 330 g/mol. The molecule has 0 amide bonds. The van der Waals surface area contributed by atoms with E-state index < -0.39 is 11.9 Å². The first-order valence-electron chi connectivity index (χ1n) is 5.54. The molecule has 0 aliphatic heterocycles. The van der Waals surface area contributed by atoms with Crippen LogP contribution in [0.1, 0.15) is 20.8 Å². The largest absolute Gasteiger partial charge is 0.478 e. The Bertz CT molecular complexity index is 893. The van der Waals surface area contributed by atoms with Crippen molar-refractivity contribution in [3.63, 3.8) is 0 Å². The van der Waals surface area contributed by atoms with Crippen molar-refractivity contribution in [1.82, 2.24) is 14.0 Å². The molecule has 0 aliphatic rings. The summed E-state index contributed by atoms with van der Waals surface area (Å²) in [5, 5.41) is 18.2. The Morgan fingerprint density at radius 1 is 1.25 bits per heavy atom. The molecule has 3 rings (SSSR count). The van der Waals surface area contributed by atoms with Gasteiger partial charge in [0, 0.05) is 7.05 Å². The first kappa shape index (κ1) is 12.7. The van der Waals surface area contributed by atoms with Crippen LogP contribution in [-0.2, 0) is 7.05 Å². The Morgan fingerprint density at radius 3 is 2.55 bits per heavy atom. The third kappa shape index (κ3) is 1.54. The molecule has 0 atom stereocenters. The number of hydrogen-bond donors (Lipinski definition) is 2. The molecule has 3 aromatic rings. The summed E-state index contributed by atoms with van der Waals surface area (Å²) in [7, 11) is 1.59. The van der Waals surface area contributed by atoms with Crippen molar-refractivity contribution < 1.29 is 19.8 Å². The molecule has 1 aromatic carbocycles. The van der Waals surface area contributed by atoms with Gasteiger partial charge >= 0.3 is 11.9 Å². The van der Waals surface area contributed by atoms with Gasteiger partial charge in [-0.3, -0.25) is 4.40 Å². The first-order valence-corrected chi connectivity index (χ1v) is 6.34. The number of aryl methyl sites for hydroxylation is 1. The van der Waals surface area contributed by atoms with E-state index >= 15 is 0 Å². The lowest BCUT2D eigenvalue weighted by molar-refractivity contribution is 0.0679. The van der Waals surface area contributed by atoms with Gasteiger partial charge in [-0.05, 0) is 34.1 Å². The Morgan fingerprint density at radius 2 is 1.95 bits per heavy atom. The molecule has 7 nitrogen and oxygen atoms in total. The second kappa shape index (κ2) is 4.07. The Balaban J connectivity index is 2.43. The van der Waals surface area contributed by atoms with Gasteiger partial charge in [-0.15, -0.1) is 0 Å². The van der Waals surface area contributed by atoms with E-state index in [1.165, 1.54) is 16.7 Å². The molecule has 102 valence electrons. The van der Waals surface area contributed by atoms with E-state index in [9.17, 15) is 14.7 Å². The van der Waals surface area contributed by atoms with E-state index in [0.717, 1.165) is 0 Å². The van der Waals surface area contributed by atoms with Crippen molar-refractivity contribution in [2.45, 2.75) is 0 Å². The van der Waals surface area contributed by atoms with Crippen LogP contribution in [0.25, 0.3) is 16.8 Å². The lowest BCUT2D eigenvalue weighted by atomic mass is 10.2. The minimum atomic E-state index is -1.07. The fraction of sp³-hybridized carbons (Fsp3) is 0.0833. The van der Waals surface area contributed by atoms with Crippen LogP contribution in [0.5, 0.6) is 0 Å². The van der Waals surface area contributed by atoms with Crippen molar-refractivity contribution in [3.8, 4) is 0 Å². The fourth-order valence-electron chi connectivity index (χ4n) is 2.20. The van der Waals surface area contributed by atoms with Gasteiger partial charge in [-0.2, -0.15) is 0 Å². The second-order valence-corrected chi connectivity index (χ2v) is 5.01. The number of imidazole rings is 2. The van der Waals surface area contributed by atoms with Crippen molar-refractivity contribution >= 4 is 44.7 Å². The minimum Gasteiger partial charge on any atom is -0.478 e. The standard InChI is InChI=1S/C12H8BrN3O4/c1-15-8(11(19)20)9(13)16-7-3-2-5(10(17)18)4-6(7)14-12(15)16/h2-4H,1H3,(H,17,18)(H,19,20). The summed E-state index contributed by atoms with van der Waals surface area (Å²) in [6.07, 6.45) is 0. The van der Waals surface area contributed by atoms with Crippen LogP contribution < -0.4 is 0 Å². The molecule has 0 saturated carbocycles. The van der Waals surface area contributed by atoms with E-state index in [4.69, 9.17) is 5.11 Å². The number of benzene rings is 1. The topological polar surface area (TPSA) is 96.8 Å². The minimum absolute atomic E-state index is 0.0803. The van der Waals surface area contributed by atoms with Gasteiger partial charge in [0.25, 0.3) is 0 Å². The number of carboxylic acids is 2. The summed E-state index contributed by atoms with van der Waals surface area (Å²) in [6.45, 7) is 0. The maximum atomic E-state index is 11.2. The van der Waals surface area contributed by atoms with E-state index in [2.05, 4.69) is 20.9 Å². The summed E-state index contributed by atoms with van der Waals surface area (Å²) in [6, 6.07) is 4.52. The number of carbonyl (C=O) groups is 2. The molecule has 0 bridgehead atoms. The van der Waals surface area contributed by atoms with Crippen LogP contribution in [0.3, 0.4) is 0 Å². The predicted octanol–water partition coefficient (Wildman–Crippen LogP) is 1.98. The maximum absolute atomic E-state index is 11.2. The molecule has 2 N–H and O–H groups in total. The van der Waals surface area contributed by atoms with Crippen LogP contribution in [-0.4, -0.2) is 36.1 Å². The Kier molecular flexibility index (Phi) is 2.58. The number of aromatic nitrogens is 3. The van der Waals surface area contributed by atoms with E-state index in [-0.39, 0.29) is 11.3 Å². The number of hydrogen-bond acceptors (Lipinski definition) is 3. The van der Waals surface area contributed by atoms with Gasteiger partial charge in [0.05, 0.1) is 16.6 Å². The molecule has 2 aromatic heterocycles. The SMILES string of the molecule is Cn1c(C(=O)O)c(Br)n2c3ccc(C(=O)O)cc3nc12. The summed E-state index contributed by atoms with van der Waals surface area (Å²) in [5.41, 5.74) is 1.35. The number of fused-ring (bicyclic) bond motifs is 3. The molecule has 20 heavy (non-hydrogen) atoms. The monoisotopic (exact) mass is 337 g/mol. The summed E-state index contributed by atoms with van der Waals surface area (Å²) in [5.74, 6) is -1.68. The first-order chi connectivity index (χ1) is 9.41. The fourth-order valence-corrected chi connectivity index (χ4v) is 2.98. The molecule has 0 fully saturated rings. The Labute approximate surface area is 120 Å². The molecule has 8 heteroatoms. The Hall–Kier alpha value is -2.35. The van der Waals surface area contributed by atoms with Gasteiger partial charge < -0.3 is 14.8 Å². The maximum Gasteiger partial charge on any atom is 0.355 e. The van der Waals surface area contributed by atoms with Crippen LogP contribution in [0.2, 0.25) is 0 Å². The molecule has 0 spiro atoms.